The number of nitrogens with zero attached hydrogens (tertiary/aromatic N) is 1. The minimum atomic E-state index is -3.29. The van der Waals surface area contributed by atoms with E-state index in [1.165, 1.54) is 0 Å². The molecular formula is C12H14N2O2S. The summed E-state index contributed by atoms with van der Waals surface area (Å²) >= 11 is 0. The number of benzene rings is 1. The van der Waals surface area contributed by atoms with Crippen molar-refractivity contribution in [1.82, 2.24) is 4.98 Å². The van der Waals surface area contributed by atoms with Gasteiger partial charge in [0.1, 0.15) is 0 Å². The van der Waals surface area contributed by atoms with Gasteiger partial charge in [-0.15, -0.1) is 0 Å². The van der Waals surface area contributed by atoms with Crippen LogP contribution in [0.3, 0.4) is 0 Å². The zero-order chi connectivity index (χ0) is 12.5. The Balaban J connectivity index is 2.38. The Bertz CT molecular complexity index is 636. The third-order valence-corrected chi connectivity index (χ3v) is 4.25. The Labute approximate surface area is 101 Å². The van der Waals surface area contributed by atoms with Gasteiger partial charge < -0.3 is 0 Å². The number of pyridine rings is 1. The van der Waals surface area contributed by atoms with Gasteiger partial charge in [-0.1, -0.05) is 6.07 Å². The minimum absolute atomic E-state index is 0.452. The number of sulfonamides is 1. The number of fused-ring (bicyclic) bond motifs is 1. The van der Waals surface area contributed by atoms with Crippen LogP contribution in [0, 0.1) is 0 Å². The fourth-order valence-corrected chi connectivity index (χ4v) is 2.11. The van der Waals surface area contributed by atoms with Gasteiger partial charge in [-0.3, -0.25) is 9.71 Å². The first-order chi connectivity index (χ1) is 7.99. The summed E-state index contributed by atoms with van der Waals surface area (Å²) < 4.78 is 26.0. The van der Waals surface area contributed by atoms with Gasteiger partial charge in [0, 0.05) is 17.3 Å². The van der Waals surface area contributed by atoms with E-state index in [4.69, 9.17) is 0 Å². The Morgan fingerprint density at radius 3 is 2.71 bits per heavy atom. The van der Waals surface area contributed by atoms with E-state index in [0.29, 0.717) is 5.69 Å². The maximum Gasteiger partial charge on any atom is 0.235 e. The first-order valence-electron chi connectivity index (χ1n) is 5.35. The molecule has 2 aromatic rings. The van der Waals surface area contributed by atoms with Crippen LogP contribution in [0.15, 0.2) is 36.5 Å². The van der Waals surface area contributed by atoms with Gasteiger partial charge in [0.15, 0.2) is 0 Å². The van der Waals surface area contributed by atoms with Crippen LogP contribution in [-0.4, -0.2) is 18.7 Å². The van der Waals surface area contributed by atoms with E-state index in [0.717, 1.165) is 10.9 Å². The van der Waals surface area contributed by atoms with Gasteiger partial charge >= 0.3 is 0 Å². The van der Waals surface area contributed by atoms with Gasteiger partial charge in [0.2, 0.25) is 10.0 Å². The van der Waals surface area contributed by atoms with Crippen LogP contribution in [0.2, 0.25) is 0 Å². The molecule has 1 aromatic heterocycles. The van der Waals surface area contributed by atoms with E-state index in [1.807, 2.05) is 12.1 Å². The van der Waals surface area contributed by atoms with Crippen molar-refractivity contribution < 1.29 is 8.42 Å². The highest BCUT2D eigenvalue weighted by Gasteiger charge is 2.15. The van der Waals surface area contributed by atoms with E-state index >= 15 is 0 Å². The molecule has 1 heterocycles. The summed E-state index contributed by atoms with van der Waals surface area (Å²) in [7, 11) is -3.29. The molecule has 0 saturated heterocycles. The van der Waals surface area contributed by atoms with Crippen LogP contribution >= 0.6 is 0 Å². The molecule has 1 N–H and O–H groups in total. The Kier molecular flexibility index (Phi) is 3.02. The van der Waals surface area contributed by atoms with Gasteiger partial charge in [-0.2, -0.15) is 0 Å². The van der Waals surface area contributed by atoms with Crippen LogP contribution in [0.25, 0.3) is 10.9 Å². The highest BCUT2D eigenvalue weighted by atomic mass is 32.2. The van der Waals surface area contributed by atoms with E-state index in [1.54, 1.807) is 38.2 Å². The van der Waals surface area contributed by atoms with Crippen molar-refractivity contribution in [3.05, 3.63) is 36.5 Å². The van der Waals surface area contributed by atoms with Gasteiger partial charge in [0.25, 0.3) is 0 Å². The van der Waals surface area contributed by atoms with E-state index < -0.39 is 15.3 Å². The molecule has 0 spiro atoms. The number of anilines is 1. The molecule has 5 heteroatoms. The standard InChI is InChI=1S/C12H14N2O2S/c1-9(2)17(15,16)14-11-5-6-12-10(8-11)4-3-7-13-12/h3-9,14H,1-2H3. The number of hydrogen-bond acceptors (Lipinski definition) is 3. The molecule has 0 aliphatic rings. The van der Waals surface area contributed by atoms with Crippen LogP contribution in [0.5, 0.6) is 0 Å². The van der Waals surface area contributed by atoms with Crippen LogP contribution in [-0.2, 0) is 10.0 Å². The third kappa shape index (κ3) is 2.55. The second-order valence-corrected chi connectivity index (χ2v) is 6.34. The van der Waals surface area contributed by atoms with E-state index in [-0.39, 0.29) is 0 Å². The maximum absolute atomic E-state index is 11.7. The van der Waals surface area contributed by atoms with E-state index in [9.17, 15) is 8.42 Å². The Morgan fingerprint density at radius 1 is 1.24 bits per heavy atom. The molecule has 2 rings (SSSR count). The highest BCUT2D eigenvalue weighted by molar-refractivity contribution is 7.93. The molecule has 1 aromatic carbocycles. The van der Waals surface area contributed by atoms with Crippen molar-refractivity contribution in [1.29, 1.82) is 0 Å². The van der Waals surface area contributed by atoms with Crippen LogP contribution in [0.1, 0.15) is 13.8 Å². The molecule has 0 atom stereocenters. The summed E-state index contributed by atoms with van der Waals surface area (Å²) in [6.45, 7) is 3.29. The fourth-order valence-electron chi connectivity index (χ4n) is 1.42. The van der Waals surface area contributed by atoms with Crippen molar-refractivity contribution >= 4 is 26.6 Å². The highest BCUT2D eigenvalue weighted by Crippen LogP contribution is 2.18. The molecule has 0 saturated carbocycles. The molecule has 0 aliphatic heterocycles. The lowest BCUT2D eigenvalue weighted by Crippen LogP contribution is -2.22. The molecule has 0 unspecified atom stereocenters. The molecule has 0 aliphatic carbocycles. The van der Waals surface area contributed by atoms with Crippen molar-refractivity contribution in [2.24, 2.45) is 0 Å². The predicted octanol–water partition coefficient (Wildman–Crippen LogP) is 2.38. The average Bonchev–Trinajstić information content (AvgIpc) is 2.28. The van der Waals surface area contributed by atoms with Gasteiger partial charge in [-0.05, 0) is 38.1 Å². The summed E-state index contributed by atoms with van der Waals surface area (Å²) in [5.74, 6) is 0. The lowest BCUT2D eigenvalue weighted by atomic mass is 10.2. The predicted molar refractivity (Wildman–Crippen MR) is 69.4 cm³/mol. The smallest absolute Gasteiger partial charge is 0.235 e. The largest absolute Gasteiger partial charge is 0.283 e. The van der Waals surface area contributed by atoms with Gasteiger partial charge in [-0.25, -0.2) is 8.42 Å². The summed E-state index contributed by atoms with van der Waals surface area (Å²) in [4.78, 5) is 4.18. The second kappa shape index (κ2) is 4.33. The van der Waals surface area contributed by atoms with Crippen molar-refractivity contribution in [3.8, 4) is 0 Å². The van der Waals surface area contributed by atoms with Crippen molar-refractivity contribution in [2.45, 2.75) is 19.1 Å². The van der Waals surface area contributed by atoms with E-state index in [2.05, 4.69) is 9.71 Å². The summed E-state index contributed by atoms with van der Waals surface area (Å²) in [5.41, 5.74) is 1.42. The number of hydrogen-bond donors (Lipinski definition) is 1. The summed E-state index contributed by atoms with van der Waals surface area (Å²) in [6.07, 6.45) is 1.71. The molecule has 0 bridgehead atoms. The maximum atomic E-state index is 11.7. The van der Waals surface area contributed by atoms with Crippen LogP contribution < -0.4 is 4.72 Å². The lowest BCUT2D eigenvalue weighted by molar-refractivity contribution is 0.593. The Morgan fingerprint density at radius 2 is 2.00 bits per heavy atom. The quantitative estimate of drug-likeness (QED) is 0.909. The summed E-state index contributed by atoms with van der Waals surface area (Å²) in [5, 5.41) is 0.462. The van der Waals surface area contributed by atoms with Gasteiger partial charge in [0.05, 0.1) is 10.8 Å². The molecular weight excluding hydrogens is 236 g/mol. The molecule has 17 heavy (non-hydrogen) atoms. The first-order valence-corrected chi connectivity index (χ1v) is 6.90. The molecule has 0 fully saturated rings. The third-order valence-electron chi connectivity index (χ3n) is 2.48. The minimum Gasteiger partial charge on any atom is -0.283 e. The number of aromatic nitrogens is 1. The normalized spacial score (nSPS) is 11.9. The Hall–Kier alpha value is -1.62. The topological polar surface area (TPSA) is 59.1 Å². The van der Waals surface area contributed by atoms with Crippen LogP contribution in [0.4, 0.5) is 5.69 Å². The molecule has 90 valence electrons. The zero-order valence-electron chi connectivity index (χ0n) is 9.71. The van der Waals surface area contributed by atoms with Crippen molar-refractivity contribution in [2.75, 3.05) is 4.72 Å². The second-order valence-electron chi connectivity index (χ2n) is 4.11. The summed E-state index contributed by atoms with van der Waals surface area (Å²) in [6, 6.07) is 9.02. The SMILES string of the molecule is CC(C)S(=O)(=O)Nc1ccc2ncccc2c1. The lowest BCUT2D eigenvalue weighted by Gasteiger charge is -2.11. The zero-order valence-corrected chi connectivity index (χ0v) is 10.5. The monoisotopic (exact) mass is 250 g/mol. The number of rotatable bonds is 3. The average molecular weight is 250 g/mol. The first kappa shape index (κ1) is 11.9. The molecule has 0 amide bonds. The fraction of sp³-hybridized carbons (Fsp3) is 0.250. The van der Waals surface area contributed by atoms with Crippen molar-refractivity contribution in [3.63, 3.8) is 0 Å². The number of nitrogens with one attached hydrogen (secondary N) is 1. The molecule has 4 nitrogen and oxygen atoms in total. The molecule has 0 radical (unpaired) electrons.